The highest BCUT2D eigenvalue weighted by atomic mass is 32.2. The number of terminal acetylenes is 1. The quantitative estimate of drug-likeness (QED) is 0.794. The van der Waals surface area contributed by atoms with Crippen LogP contribution in [0.5, 0.6) is 5.75 Å². The number of nitrogens with one attached hydrogen (secondary N) is 1. The molecule has 7 nitrogen and oxygen atoms in total. The van der Waals surface area contributed by atoms with Gasteiger partial charge in [-0.2, -0.15) is 4.31 Å². The number of sulfonamides is 1. The molecule has 0 aliphatic carbocycles. The summed E-state index contributed by atoms with van der Waals surface area (Å²) in [4.78, 5) is 13.6. The molecular formula is C16H21N3O4S. The smallest absolute Gasteiger partial charge is 0.318 e. The molecule has 0 spiro atoms. The summed E-state index contributed by atoms with van der Waals surface area (Å²) in [6.45, 7) is 3.70. The number of carbonyl (C=O) groups is 1. The van der Waals surface area contributed by atoms with E-state index in [2.05, 4.69) is 11.2 Å². The van der Waals surface area contributed by atoms with Crippen molar-refractivity contribution < 1.29 is 17.9 Å². The van der Waals surface area contributed by atoms with E-state index in [1.165, 1.54) is 16.4 Å². The molecule has 1 aromatic rings. The predicted octanol–water partition coefficient (Wildman–Crippen LogP) is 0.734. The Bertz CT molecular complexity index is 702. The molecule has 8 heteroatoms. The molecule has 0 radical (unpaired) electrons. The van der Waals surface area contributed by atoms with Gasteiger partial charge in [-0.3, -0.25) is 0 Å². The number of benzene rings is 1. The number of carbonyl (C=O) groups excluding carboxylic acids is 1. The summed E-state index contributed by atoms with van der Waals surface area (Å²) in [7, 11) is -3.57. The summed E-state index contributed by atoms with van der Waals surface area (Å²) in [6, 6.07) is 6.07. The lowest BCUT2D eigenvalue weighted by Gasteiger charge is -2.33. The predicted molar refractivity (Wildman–Crippen MR) is 90.2 cm³/mol. The van der Waals surface area contributed by atoms with Gasteiger partial charge in [-0.05, 0) is 31.2 Å². The Morgan fingerprint density at radius 2 is 1.88 bits per heavy atom. The largest absolute Gasteiger partial charge is 0.494 e. The van der Waals surface area contributed by atoms with Crippen molar-refractivity contribution in [3.05, 3.63) is 24.3 Å². The topological polar surface area (TPSA) is 79.0 Å². The van der Waals surface area contributed by atoms with Crippen molar-refractivity contribution in [3.8, 4) is 18.1 Å². The lowest BCUT2D eigenvalue weighted by atomic mass is 10.3. The molecule has 1 fully saturated rings. The number of hydrogen-bond acceptors (Lipinski definition) is 4. The zero-order valence-electron chi connectivity index (χ0n) is 13.6. The van der Waals surface area contributed by atoms with E-state index >= 15 is 0 Å². The minimum Gasteiger partial charge on any atom is -0.494 e. The fraction of sp³-hybridized carbons (Fsp3) is 0.438. The molecule has 2 amide bonds. The number of piperazine rings is 1. The van der Waals surface area contributed by atoms with E-state index in [0.29, 0.717) is 25.4 Å². The first kappa shape index (κ1) is 18.1. The minimum absolute atomic E-state index is 0.156. The Labute approximate surface area is 142 Å². The highest BCUT2D eigenvalue weighted by molar-refractivity contribution is 7.89. The third kappa shape index (κ3) is 4.19. The molecule has 0 unspecified atom stereocenters. The minimum atomic E-state index is -3.57. The summed E-state index contributed by atoms with van der Waals surface area (Å²) >= 11 is 0. The van der Waals surface area contributed by atoms with Gasteiger partial charge >= 0.3 is 6.03 Å². The molecule has 1 heterocycles. The van der Waals surface area contributed by atoms with Crippen molar-refractivity contribution in [1.82, 2.24) is 14.5 Å². The van der Waals surface area contributed by atoms with Crippen LogP contribution in [0.2, 0.25) is 0 Å². The summed E-state index contributed by atoms with van der Waals surface area (Å²) in [5, 5.41) is 2.57. The Hall–Kier alpha value is -2.24. The van der Waals surface area contributed by atoms with E-state index in [1.807, 2.05) is 6.92 Å². The number of ether oxygens (including phenoxy) is 1. The van der Waals surface area contributed by atoms with Crippen LogP contribution in [0.1, 0.15) is 6.92 Å². The van der Waals surface area contributed by atoms with Crippen LogP contribution in [0.25, 0.3) is 0 Å². The van der Waals surface area contributed by atoms with E-state index in [0.717, 1.165) is 0 Å². The molecule has 2 rings (SSSR count). The fourth-order valence-corrected chi connectivity index (χ4v) is 3.82. The molecule has 1 aromatic carbocycles. The molecule has 0 bridgehead atoms. The van der Waals surface area contributed by atoms with E-state index in [1.54, 1.807) is 17.0 Å². The summed E-state index contributed by atoms with van der Waals surface area (Å²) in [5.74, 6) is 2.96. The zero-order valence-corrected chi connectivity index (χ0v) is 14.4. The van der Waals surface area contributed by atoms with E-state index in [4.69, 9.17) is 11.2 Å². The molecule has 24 heavy (non-hydrogen) atoms. The number of nitrogens with zero attached hydrogens (tertiary/aromatic N) is 2. The average Bonchev–Trinajstić information content (AvgIpc) is 2.60. The van der Waals surface area contributed by atoms with Crippen molar-refractivity contribution in [1.29, 1.82) is 0 Å². The maximum absolute atomic E-state index is 12.6. The molecule has 0 saturated carbocycles. The Morgan fingerprint density at radius 3 is 2.42 bits per heavy atom. The third-order valence-corrected chi connectivity index (χ3v) is 5.55. The van der Waals surface area contributed by atoms with Crippen molar-refractivity contribution in [3.63, 3.8) is 0 Å². The average molecular weight is 351 g/mol. The summed E-state index contributed by atoms with van der Waals surface area (Å²) < 4.78 is 32.0. The van der Waals surface area contributed by atoms with Gasteiger partial charge in [-0.15, -0.1) is 6.42 Å². The first-order valence-electron chi connectivity index (χ1n) is 7.68. The maximum Gasteiger partial charge on any atom is 0.318 e. The van der Waals surface area contributed by atoms with Gasteiger partial charge in [0.15, 0.2) is 0 Å². The Kier molecular flexibility index (Phi) is 6.06. The van der Waals surface area contributed by atoms with Crippen molar-refractivity contribution in [2.24, 2.45) is 0 Å². The van der Waals surface area contributed by atoms with Crippen LogP contribution in [0.4, 0.5) is 4.79 Å². The van der Waals surface area contributed by atoms with E-state index in [9.17, 15) is 13.2 Å². The number of hydrogen-bond donors (Lipinski definition) is 1. The van der Waals surface area contributed by atoms with Gasteiger partial charge in [0, 0.05) is 26.2 Å². The lowest BCUT2D eigenvalue weighted by molar-refractivity contribution is 0.173. The molecule has 130 valence electrons. The summed E-state index contributed by atoms with van der Waals surface area (Å²) in [5.41, 5.74) is 0. The number of rotatable bonds is 5. The van der Waals surface area contributed by atoms with Crippen LogP contribution in [-0.4, -0.2) is 63.0 Å². The van der Waals surface area contributed by atoms with E-state index in [-0.39, 0.29) is 30.6 Å². The SMILES string of the molecule is C#CCNC(=O)N1CCN(S(=O)(=O)c2ccc(OCC)cc2)CC1. The molecule has 1 N–H and O–H groups in total. The van der Waals surface area contributed by atoms with Gasteiger partial charge in [0.1, 0.15) is 5.75 Å². The second kappa shape index (κ2) is 8.04. The van der Waals surface area contributed by atoms with Crippen LogP contribution in [0.15, 0.2) is 29.2 Å². The van der Waals surface area contributed by atoms with E-state index < -0.39 is 10.0 Å². The standard InChI is InChI=1S/C16H21N3O4S/c1-3-9-17-16(20)18-10-12-19(13-11-18)24(21,22)15-7-5-14(6-8-15)23-4-2/h1,5-8H,4,9-13H2,2H3,(H,17,20). The Balaban J connectivity index is 1.99. The molecule has 0 aromatic heterocycles. The normalized spacial score (nSPS) is 15.6. The molecule has 0 atom stereocenters. The van der Waals surface area contributed by atoms with Gasteiger partial charge in [0.05, 0.1) is 18.0 Å². The van der Waals surface area contributed by atoms with Crippen molar-refractivity contribution in [2.45, 2.75) is 11.8 Å². The molecular weight excluding hydrogens is 330 g/mol. The first-order chi connectivity index (χ1) is 11.5. The van der Waals surface area contributed by atoms with Gasteiger partial charge < -0.3 is 15.0 Å². The highest BCUT2D eigenvalue weighted by Crippen LogP contribution is 2.20. The first-order valence-corrected chi connectivity index (χ1v) is 9.12. The summed E-state index contributed by atoms with van der Waals surface area (Å²) in [6.07, 6.45) is 5.10. The Morgan fingerprint density at radius 1 is 1.25 bits per heavy atom. The van der Waals surface area contributed by atoms with Crippen LogP contribution >= 0.6 is 0 Å². The van der Waals surface area contributed by atoms with Gasteiger partial charge in [0.2, 0.25) is 10.0 Å². The molecule has 1 saturated heterocycles. The van der Waals surface area contributed by atoms with Crippen LogP contribution in [0, 0.1) is 12.3 Å². The van der Waals surface area contributed by atoms with Crippen LogP contribution in [-0.2, 0) is 10.0 Å². The second-order valence-corrected chi connectivity index (χ2v) is 7.10. The van der Waals surface area contributed by atoms with Crippen LogP contribution in [0.3, 0.4) is 0 Å². The number of urea groups is 1. The van der Waals surface area contributed by atoms with Crippen molar-refractivity contribution in [2.75, 3.05) is 39.3 Å². The second-order valence-electron chi connectivity index (χ2n) is 5.16. The van der Waals surface area contributed by atoms with Gasteiger partial charge in [0.25, 0.3) is 0 Å². The number of amides is 2. The monoisotopic (exact) mass is 351 g/mol. The van der Waals surface area contributed by atoms with Gasteiger partial charge in [-0.25, -0.2) is 13.2 Å². The lowest BCUT2D eigenvalue weighted by Crippen LogP contribution is -2.53. The van der Waals surface area contributed by atoms with Gasteiger partial charge in [-0.1, -0.05) is 5.92 Å². The zero-order chi connectivity index (χ0) is 17.6. The fourth-order valence-electron chi connectivity index (χ4n) is 2.39. The maximum atomic E-state index is 12.6. The third-order valence-electron chi connectivity index (χ3n) is 3.64. The van der Waals surface area contributed by atoms with Crippen molar-refractivity contribution >= 4 is 16.1 Å². The molecule has 1 aliphatic heterocycles. The van der Waals surface area contributed by atoms with Crippen LogP contribution < -0.4 is 10.1 Å². The highest BCUT2D eigenvalue weighted by Gasteiger charge is 2.29. The molecule has 1 aliphatic rings.